The van der Waals surface area contributed by atoms with Crippen molar-refractivity contribution in [2.24, 2.45) is 0 Å². The van der Waals surface area contributed by atoms with Gasteiger partial charge in [0, 0.05) is 25.1 Å². The second-order valence-corrected chi connectivity index (χ2v) is 7.82. The predicted octanol–water partition coefficient (Wildman–Crippen LogP) is 3.75. The molecule has 0 aliphatic carbocycles. The number of unbranched alkanes of at least 4 members (excludes halogenated alkanes) is 2. The molecule has 0 atom stereocenters. The van der Waals surface area contributed by atoms with E-state index < -0.39 is 28.4 Å². The van der Waals surface area contributed by atoms with Gasteiger partial charge in [0.25, 0.3) is 17.5 Å². The molecule has 0 radical (unpaired) electrons. The van der Waals surface area contributed by atoms with Crippen molar-refractivity contribution in [1.82, 2.24) is 4.90 Å². The monoisotopic (exact) mass is 489 g/mol. The highest BCUT2D eigenvalue weighted by atomic mass is 35.5. The summed E-state index contributed by atoms with van der Waals surface area (Å²) in [5.74, 6) is -2.80. The number of nitro groups is 1. The topological polar surface area (TPSA) is 156 Å². The molecule has 2 aromatic rings. The number of fused-ring (bicyclic) bond motifs is 1. The van der Waals surface area contributed by atoms with Crippen molar-refractivity contribution >= 4 is 46.7 Å². The first-order valence-corrected chi connectivity index (χ1v) is 10.6. The number of nitrogens with one attached hydrogen (secondary N) is 1. The van der Waals surface area contributed by atoms with Crippen LogP contribution < -0.4 is 10.1 Å². The van der Waals surface area contributed by atoms with Gasteiger partial charge in [-0.1, -0.05) is 24.1 Å². The van der Waals surface area contributed by atoms with Crippen molar-refractivity contribution in [3.05, 3.63) is 62.2 Å². The van der Waals surface area contributed by atoms with Crippen LogP contribution in [0.1, 0.15) is 56.8 Å². The molecule has 34 heavy (non-hydrogen) atoms. The Hall–Kier alpha value is -3.99. The maximum absolute atomic E-state index is 12.5. The minimum absolute atomic E-state index is 0.0137. The van der Waals surface area contributed by atoms with Gasteiger partial charge in [0.2, 0.25) is 5.91 Å². The summed E-state index contributed by atoms with van der Waals surface area (Å²) >= 11 is 6.05. The van der Waals surface area contributed by atoms with Gasteiger partial charge < -0.3 is 15.2 Å². The molecule has 1 aliphatic rings. The average molecular weight is 490 g/mol. The summed E-state index contributed by atoms with van der Waals surface area (Å²) in [7, 11) is 1.30. The van der Waals surface area contributed by atoms with Crippen molar-refractivity contribution in [1.29, 1.82) is 0 Å². The second kappa shape index (κ2) is 10.3. The summed E-state index contributed by atoms with van der Waals surface area (Å²) in [5.41, 5.74) is -0.510. The number of carboxylic acid groups (broad SMARTS) is 1. The maximum Gasteiger partial charge on any atom is 0.339 e. The average Bonchev–Trinajstić information content (AvgIpc) is 3.04. The summed E-state index contributed by atoms with van der Waals surface area (Å²) in [4.78, 5) is 59.9. The normalized spacial score (nSPS) is 12.5. The van der Waals surface area contributed by atoms with Gasteiger partial charge in [0.1, 0.15) is 16.9 Å². The highest BCUT2D eigenvalue weighted by Gasteiger charge is 2.40. The highest BCUT2D eigenvalue weighted by Crippen LogP contribution is 2.32. The third-order valence-corrected chi connectivity index (χ3v) is 5.57. The van der Waals surface area contributed by atoms with Crippen molar-refractivity contribution in [2.45, 2.75) is 25.7 Å². The quantitative estimate of drug-likeness (QED) is 0.221. The fourth-order valence-electron chi connectivity index (χ4n) is 3.60. The molecule has 2 N–H and O–H groups in total. The zero-order chi connectivity index (χ0) is 25.0. The Morgan fingerprint density at radius 3 is 2.56 bits per heavy atom. The third-order valence-electron chi connectivity index (χ3n) is 5.25. The number of nitrogens with zero attached hydrogens (tertiary/aromatic N) is 2. The van der Waals surface area contributed by atoms with E-state index in [4.69, 9.17) is 21.4 Å². The molecule has 0 spiro atoms. The number of amides is 3. The number of hydrogen-bond donors (Lipinski definition) is 2. The van der Waals surface area contributed by atoms with Crippen LogP contribution >= 0.6 is 11.6 Å². The Morgan fingerprint density at radius 2 is 1.91 bits per heavy atom. The molecule has 11 nitrogen and oxygen atoms in total. The molecule has 3 amide bonds. The number of rotatable bonds is 10. The van der Waals surface area contributed by atoms with E-state index in [2.05, 4.69) is 5.32 Å². The summed E-state index contributed by atoms with van der Waals surface area (Å²) in [6.45, 7) is 0.0742. The predicted molar refractivity (Wildman–Crippen MR) is 121 cm³/mol. The number of benzene rings is 2. The molecular weight excluding hydrogens is 470 g/mol. The van der Waals surface area contributed by atoms with Crippen molar-refractivity contribution in [3.63, 3.8) is 0 Å². The van der Waals surface area contributed by atoms with Crippen LogP contribution in [0.4, 0.5) is 11.4 Å². The van der Waals surface area contributed by atoms with Crippen molar-refractivity contribution < 1.29 is 33.9 Å². The smallest absolute Gasteiger partial charge is 0.339 e. The number of carbonyl (C=O) groups excluding carboxylic acids is 3. The van der Waals surface area contributed by atoms with E-state index >= 15 is 0 Å². The zero-order valence-electron chi connectivity index (χ0n) is 18.0. The first-order valence-electron chi connectivity index (χ1n) is 10.2. The van der Waals surface area contributed by atoms with Gasteiger partial charge in [-0.25, -0.2) is 4.79 Å². The zero-order valence-corrected chi connectivity index (χ0v) is 18.8. The van der Waals surface area contributed by atoms with Crippen LogP contribution in [-0.4, -0.2) is 52.3 Å². The Labute approximate surface area is 198 Å². The summed E-state index contributed by atoms with van der Waals surface area (Å²) in [6.07, 6.45) is 1.48. The van der Waals surface area contributed by atoms with Crippen LogP contribution in [0.5, 0.6) is 5.75 Å². The summed E-state index contributed by atoms with van der Waals surface area (Å²) < 4.78 is 5.02. The van der Waals surface area contributed by atoms with Crippen molar-refractivity contribution in [3.8, 4) is 5.75 Å². The standard InChI is InChI=1S/C22H20ClN3O8/c1-34-17-11-15(14(23)10-13(17)22(30)31)24-18(27)8-3-2-4-9-25-20(28)12-6-5-7-16(26(32)33)19(12)21(25)29/h5-7,10-11H,2-4,8-9H2,1H3,(H,24,27)(H,30,31). The Bertz CT molecular complexity index is 1200. The Balaban J connectivity index is 1.50. The SMILES string of the molecule is COc1cc(NC(=O)CCCCCN2C(=O)c3cccc([N+](=O)[O-])c3C2=O)c(Cl)cc1C(=O)O. The molecule has 0 unspecified atom stereocenters. The first-order chi connectivity index (χ1) is 16.1. The Kier molecular flexibility index (Phi) is 7.47. The van der Waals surface area contributed by atoms with Gasteiger partial charge in [-0.3, -0.25) is 29.4 Å². The van der Waals surface area contributed by atoms with Crippen LogP contribution in [-0.2, 0) is 4.79 Å². The van der Waals surface area contributed by atoms with Gasteiger partial charge in [0.15, 0.2) is 0 Å². The number of nitro benzene ring substituents is 1. The molecule has 3 rings (SSSR count). The molecule has 178 valence electrons. The molecule has 1 heterocycles. The number of carbonyl (C=O) groups is 4. The lowest BCUT2D eigenvalue weighted by atomic mass is 10.1. The molecule has 2 aromatic carbocycles. The number of hydrogen-bond acceptors (Lipinski definition) is 7. The minimum Gasteiger partial charge on any atom is -0.496 e. The molecular formula is C22H20ClN3O8. The summed E-state index contributed by atoms with van der Waals surface area (Å²) in [6, 6.07) is 6.44. The molecule has 1 aliphatic heterocycles. The number of anilines is 1. The number of methoxy groups -OCH3 is 1. The van der Waals surface area contributed by atoms with Crippen LogP contribution in [0.2, 0.25) is 5.02 Å². The fraction of sp³-hybridized carbons (Fsp3) is 0.273. The van der Waals surface area contributed by atoms with E-state index in [0.717, 1.165) is 4.90 Å². The Morgan fingerprint density at radius 1 is 1.18 bits per heavy atom. The lowest BCUT2D eigenvalue weighted by Crippen LogP contribution is -2.30. The van der Waals surface area contributed by atoms with Gasteiger partial charge in [-0.2, -0.15) is 0 Å². The van der Waals surface area contributed by atoms with Gasteiger partial charge in [0.05, 0.1) is 28.3 Å². The van der Waals surface area contributed by atoms with E-state index in [1.807, 2.05) is 0 Å². The number of carboxylic acids is 1. The van der Waals surface area contributed by atoms with Crippen LogP contribution in [0.25, 0.3) is 0 Å². The first kappa shape index (κ1) is 24.6. The van der Waals surface area contributed by atoms with E-state index in [1.54, 1.807) is 0 Å². The van der Waals surface area contributed by atoms with Crippen LogP contribution in [0.15, 0.2) is 30.3 Å². The van der Waals surface area contributed by atoms with Gasteiger partial charge in [-0.15, -0.1) is 0 Å². The van der Waals surface area contributed by atoms with Crippen LogP contribution in [0, 0.1) is 10.1 Å². The number of ether oxygens (including phenoxy) is 1. The van der Waals surface area contributed by atoms with Gasteiger partial charge >= 0.3 is 5.97 Å². The fourth-order valence-corrected chi connectivity index (χ4v) is 3.81. The lowest BCUT2D eigenvalue weighted by molar-refractivity contribution is -0.385. The molecule has 0 saturated carbocycles. The third kappa shape index (κ3) is 4.99. The van der Waals surface area contributed by atoms with E-state index in [1.165, 1.54) is 37.4 Å². The molecule has 0 saturated heterocycles. The number of halogens is 1. The number of imide groups is 1. The number of aromatic carboxylic acids is 1. The molecule has 12 heteroatoms. The largest absolute Gasteiger partial charge is 0.496 e. The molecule has 0 bridgehead atoms. The van der Waals surface area contributed by atoms with E-state index in [9.17, 15) is 29.3 Å². The minimum atomic E-state index is -1.22. The second-order valence-electron chi connectivity index (χ2n) is 7.42. The molecule has 0 aromatic heterocycles. The lowest BCUT2D eigenvalue weighted by Gasteiger charge is -2.13. The highest BCUT2D eigenvalue weighted by molar-refractivity contribution is 6.34. The van der Waals surface area contributed by atoms with Crippen molar-refractivity contribution in [2.75, 3.05) is 19.0 Å². The van der Waals surface area contributed by atoms with Crippen LogP contribution in [0.3, 0.4) is 0 Å². The summed E-state index contributed by atoms with van der Waals surface area (Å²) in [5, 5.41) is 23.0. The van der Waals surface area contributed by atoms with Gasteiger partial charge in [-0.05, 0) is 25.0 Å². The van der Waals surface area contributed by atoms with E-state index in [-0.39, 0.29) is 52.0 Å². The maximum atomic E-state index is 12.5. The van der Waals surface area contributed by atoms with E-state index in [0.29, 0.717) is 19.3 Å². The molecule has 0 fully saturated rings.